The van der Waals surface area contributed by atoms with Crippen molar-refractivity contribution < 1.29 is 18.3 Å². The van der Waals surface area contributed by atoms with E-state index in [1.165, 1.54) is 11.8 Å². The number of hydrogen-bond donors (Lipinski definition) is 1. The summed E-state index contributed by atoms with van der Waals surface area (Å²) in [6.45, 7) is 0.0937. The Morgan fingerprint density at radius 2 is 1.88 bits per heavy atom. The van der Waals surface area contributed by atoms with Crippen molar-refractivity contribution >= 4 is 28.4 Å². The Kier molecular flexibility index (Phi) is 5.24. The highest BCUT2D eigenvalue weighted by Gasteiger charge is 2.38. The first kappa shape index (κ1) is 17.7. The van der Waals surface area contributed by atoms with Crippen LogP contribution in [0.25, 0.3) is 16.7 Å². The van der Waals surface area contributed by atoms with E-state index in [1.807, 2.05) is 12.2 Å². The number of thioether (sulfide) groups is 1. The van der Waals surface area contributed by atoms with Gasteiger partial charge in [0.2, 0.25) is 5.82 Å². The molecule has 9 heteroatoms. The van der Waals surface area contributed by atoms with Crippen LogP contribution < -0.4 is 0 Å². The van der Waals surface area contributed by atoms with Gasteiger partial charge in [-0.3, -0.25) is 4.40 Å². The van der Waals surface area contributed by atoms with Gasteiger partial charge in [0, 0.05) is 12.4 Å². The summed E-state index contributed by atoms with van der Waals surface area (Å²) in [6.07, 6.45) is 0.488. The highest BCUT2D eigenvalue weighted by atomic mass is 32.2. The fourth-order valence-electron chi connectivity index (χ4n) is 2.37. The third-order valence-corrected chi connectivity index (χ3v) is 4.43. The molecule has 25 heavy (non-hydrogen) atoms. The van der Waals surface area contributed by atoms with Gasteiger partial charge >= 0.3 is 6.18 Å². The molecule has 1 aromatic carbocycles. The molecular weight excluding hydrogens is 353 g/mol. The van der Waals surface area contributed by atoms with E-state index in [-0.39, 0.29) is 12.3 Å². The van der Waals surface area contributed by atoms with Crippen LogP contribution in [0, 0.1) is 0 Å². The van der Waals surface area contributed by atoms with Gasteiger partial charge < -0.3 is 5.11 Å². The summed E-state index contributed by atoms with van der Waals surface area (Å²) >= 11 is 1.33. The number of alkyl halides is 3. The highest BCUT2D eigenvalue weighted by Crippen LogP contribution is 2.32. The van der Waals surface area contributed by atoms with Gasteiger partial charge in [-0.05, 0) is 25.0 Å². The van der Waals surface area contributed by atoms with Crippen molar-refractivity contribution in [2.45, 2.75) is 24.0 Å². The maximum absolute atomic E-state index is 13.3. The SMILES string of the molecule is OCC/C=C/CCSc1nc2ccccc2n2c(C(F)(F)F)nnc12. The Bertz CT molecular complexity index is 907. The Morgan fingerprint density at radius 1 is 1.12 bits per heavy atom. The molecule has 0 amide bonds. The zero-order valence-corrected chi connectivity index (χ0v) is 13.9. The minimum atomic E-state index is -4.60. The molecule has 3 aromatic rings. The summed E-state index contributed by atoms with van der Waals surface area (Å²) < 4.78 is 40.8. The largest absolute Gasteiger partial charge is 0.452 e. The lowest BCUT2D eigenvalue weighted by Crippen LogP contribution is -2.11. The number of halogens is 3. The van der Waals surface area contributed by atoms with Crippen LogP contribution in [-0.4, -0.2) is 37.0 Å². The standard InChI is InChI=1S/C16H15F3N4OS/c17-16(18,19)15-22-21-13-14(25-10-6-2-1-5-9-24)20-11-7-3-4-8-12(11)23(13)15/h1-4,7-8,24H,5-6,9-10H2/b2-1+. The Morgan fingerprint density at radius 3 is 2.64 bits per heavy atom. The van der Waals surface area contributed by atoms with Crippen molar-refractivity contribution in [1.82, 2.24) is 19.6 Å². The van der Waals surface area contributed by atoms with Crippen molar-refractivity contribution in [2.75, 3.05) is 12.4 Å². The lowest BCUT2D eigenvalue weighted by molar-refractivity contribution is -0.145. The van der Waals surface area contributed by atoms with Gasteiger partial charge in [0.15, 0.2) is 5.65 Å². The molecule has 0 saturated carbocycles. The van der Waals surface area contributed by atoms with E-state index in [0.717, 1.165) is 4.40 Å². The van der Waals surface area contributed by atoms with E-state index in [0.29, 0.717) is 34.7 Å². The fraction of sp³-hybridized carbons (Fsp3) is 0.312. The summed E-state index contributed by atoms with van der Waals surface area (Å²) in [4.78, 5) is 4.44. The lowest BCUT2D eigenvalue weighted by atomic mass is 10.3. The Hall–Kier alpha value is -2.13. The van der Waals surface area contributed by atoms with Crippen molar-refractivity contribution in [2.24, 2.45) is 0 Å². The minimum Gasteiger partial charge on any atom is -0.396 e. The second-order valence-electron chi connectivity index (χ2n) is 5.21. The van der Waals surface area contributed by atoms with Gasteiger partial charge in [0.1, 0.15) is 5.03 Å². The molecular formula is C16H15F3N4OS. The molecule has 132 valence electrons. The van der Waals surface area contributed by atoms with Crippen LogP contribution in [0.2, 0.25) is 0 Å². The summed E-state index contributed by atoms with van der Waals surface area (Å²) in [5, 5.41) is 16.2. The van der Waals surface area contributed by atoms with Crippen molar-refractivity contribution in [3.8, 4) is 0 Å². The number of nitrogens with zero attached hydrogens (tertiary/aromatic N) is 4. The molecule has 0 radical (unpaired) electrons. The topological polar surface area (TPSA) is 63.3 Å². The van der Waals surface area contributed by atoms with Crippen LogP contribution in [0.5, 0.6) is 0 Å². The molecule has 0 aliphatic rings. The molecule has 5 nitrogen and oxygen atoms in total. The van der Waals surface area contributed by atoms with Gasteiger partial charge in [-0.1, -0.05) is 24.3 Å². The number of aliphatic hydroxyl groups is 1. The normalized spacial score (nSPS) is 12.6. The highest BCUT2D eigenvalue weighted by molar-refractivity contribution is 7.99. The van der Waals surface area contributed by atoms with Crippen LogP contribution in [0.3, 0.4) is 0 Å². The average Bonchev–Trinajstić information content (AvgIpc) is 3.04. The second kappa shape index (κ2) is 7.40. The van der Waals surface area contributed by atoms with Crippen LogP contribution in [-0.2, 0) is 6.18 Å². The molecule has 2 aromatic heterocycles. The fourth-order valence-corrected chi connectivity index (χ4v) is 3.24. The molecule has 0 unspecified atom stereocenters. The summed E-state index contributed by atoms with van der Waals surface area (Å²) in [5.74, 6) is -0.414. The van der Waals surface area contributed by atoms with E-state index in [1.54, 1.807) is 24.3 Å². The summed E-state index contributed by atoms with van der Waals surface area (Å²) in [6, 6.07) is 6.62. The maximum Gasteiger partial charge on any atom is 0.452 e. The van der Waals surface area contributed by atoms with Gasteiger partial charge in [-0.15, -0.1) is 22.0 Å². The predicted molar refractivity (Wildman–Crippen MR) is 89.5 cm³/mol. The summed E-state index contributed by atoms with van der Waals surface area (Å²) in [7, 11) is 0. The third kappa shape index (κ3) is 3.77. The van der Waals surface area contributed by atoms with Crippen LogP contribution in [0.4, 0.5) is 13.2 Å². The van der Waals surface area contributed by atoms with Gasteiger partial charge in [0.05, 0.1) is 11.0 Å². The number of benzene rings is 1. The Balaban J connectivity index is 1.99. The van der Waals surface area contributed by atoms with E-state index < -0.39 is 12.0 Å². The number of para-hydroxylation sites is 2. The molecule has 0 spiro atoms. The monoisotopic (exact) mass is 368 g/mol. The smallest absolute Gasteiger partial charge is 0.396 e. The van der Waals surface area contributed by atoms with Gasteiger partial charge in [-0.25, -0.2) is 4.98 Å². The molecule has 3 rings (SSSR count). The first-order valence-corrected chi connectivity index (χ1v) is 8.60. The van der Waals surface area contributed by atoms with Crippen molar-refractivity contribution in [3.63, 3.8) is 0 Å². The zero-order chi connectivity index (χ0) is 17.9. The number of allylic oxidation sites excluding steroid dienone is 1. The number of rotatable bonds is 6. The molecule has 0 fully saturated rings. The number of aromatic nitrogens is 4. The van der Waals surface area contributed by atoms with E-state index in [4.69, 9.17) is 5.11 Å². The average molecular weight is 368 g/mol. The lowest BCUT2D eigenvalue weighted by Gasteiger charge is -2.09. The molecule has 1 N–H and O–H groups in total. The number of fused-ring (bicyclic) bond motifs is 3. The number of hydrogen-bond acceptors (Lipinski definition) is 5. The minimum absolute atomic E-state index is 0.0937. The molecule has 0 bridgehead atoms. The predicted octanol–water partition coefficient (Wildman–Crippen LogP) is 3.72. The molecule has 0 saturated heterocycles. The summed E-state index contributed by atoms with van der Waals surface area (Å²) in [5.41, 5.74) is 0.885. The third-order valence-electron chi connectivity index (χ3n) is 3.44. The maximum atomic E-state index is 13.3. The van der Waals surface area contributed by atoms with E-state index in [2.05, 4.69) is 15.2 Å². The molecule has 0 aliphatic carbocycles. The molecule has 0 atom stereocenters. The van der Waals surface area contributed by atoms with E-state index in [9.17, 15) is 13.2 Å². The Labute approximate surface area is 145 Å². The first-order valence-electron chi connectivity index (χ1n) is 7.62. The van der Waals surface area contributed by atoms with Crippen molar-refractivity contribution in [1.29, 1.82) is 0 Å². The zero-order valence-electron chi connectivity index (χ0n) is 13.1. The molecule has 0 aliphatic heterocycles. The van der Waals surface area contributed by atoms with Crippen LogP contribution >= 0.6 is 11.8 Å². The molecule has 2 heterocycles. The van der Waals surface area contributed by atoms with Gasteiger partial charge in [0.25, 0.3) is 0 Å². The first-order chi connectivity index (χ1) is 12.0. The van der Waals surface area contributed by atoms with Gasteiger partial charge in [-0.2, -0.15) is 13.2 Å². The second-order valence-corrected chi connectivity index (χ2v) is 6.29. The quantitative estimate of drug-likeness (QED) is 0.408. The van der Waals surface area contributed by atoms with Crippen LogP contribution in [0.15, 0.2) is 41.4 Å². The number of aliphatic hydroxyl groups excluding tert-OH is 1. The van der Waals surface area contributed by atoms with E-state index >= 15 is 0 Å². The van der Waals surface area contributed by atoms with Crippen LogP contribution in [0.1, 0.15) is 18.7 Å². The van der Waals surface area contributed by atoms with Crippen molar-refractivity contribution in [3.05, 3.63) is 42.2 Å².